The van der Waals surface area contributed by atoms with E-state index in [9.17, 15) is 0 Å². The molecule has 4 heteroatoms. The van der Waals surface area contributed by atoms with Crippen LogP contribution in [-0.4, -0.2) is 21.0 Å². The fraction of sp³-hybridized carbons (Fsp3) is 0.227. The van der Waals surface area contributed by atoms with E-state index in [4.69, 9.17) is 9.97 Å². The summed E-state index contributed by atoms with van der Waals surface area (Å²) in [6.07, 6.45) is 9.67. The Balaban J connectivity index is 0.829. The van der Waals surface area contributed by atoms with Crippen molar-refractivity contribution < 1.29 is 0 Å². The van der Waals surface area contributed by atoms with Crippen LogP contribution in [-0.2, 0) is 16.2 Å². The van der Waals surface area contributed by atoms with Crippen LogP contribution < -0.4 is 9.80 Å². The maximum absolute atomic E-state index is 5.55. The molecular formula is C75H66N4. The van der Waals surface area contributed by atoms with Gasteiger partial charge in [-0.2, -0.15) is 0 Å². The number of hydrogen-bond acceptors (Lipinski definition) is 4. The number of para-hydroxylation sites is 2. The van der Waals surface area contributed by atoms with Crippen molar-refractivity contribution in [1.82, 2.24) is 9.97 Å². The Labute approximate surface area is 466 Å². The van der Waals surface area contributed by atoms with E-state index in [-0.39, 0.29) is 21.9 Å². The van der Waals surface area contributed by atoms with Crippen molar-refractivity contribution in [2.75, 3.05) is 9.80 Å². The number of benzene rings is 8. The lowest BCUT2D eigenvalue weighted by atomic mass is 9.61. The van der Waals surface area contributed by atoms with E-state index in [2.05, 4.69) is 268 Å². The number of aromatic nitrogens is 2. The molecule has 79 heavy (non-hydrogen) atoms. The number of rotatable bonds is 8. The third kappa shape index (κ3) is 6.86. The van der Waals surface area contributed by atoms with Crippen LogP contribution in [0.2, 0.25) is 0 Å². The van der Waals surface area contributed by atoms with Gasteiger partial charge in [0.25, 0.3) is 0 Å². The zero-order valence-corrected chi connectivity index (χ0v) is 45.9. The SMILES string of the molecule is CC12CCCCC1(C)N(c1ccccc1)c1ccc(-c3cccc(-c4ccc5c(c4)C(c4ccccc4)(c4ccccc4)c4cc(-c6cccc(-c7ccc8c(c7)C7(C)CCCCC7(C)N8c7ccccc7)n6)ccc4-5)n3)cc12. The maximum atomic E-state index is 5.55. The Hall–Kier alpha value is -8.34. The summed E-state index contributed by atoms with van der Waals surface area (Å²) in [5, 5.41) is 0. The van der Waals surface area contributed by atoms with Gasteiger partial charge in [0, 0.05) is 55.8 Å². The number of pyridine rings is 2. The molecule has 10 aromatic rings. The zero-order valence-electron chi connectivity index (χ0n) is 45.9. The van der Waals surface area contributed by atoms with E-state index < -0.39 is 5.41 Å². The molecule has 2 fully saturated rings. The Morgan fingerprint density at radius 2 is 0.646 bits per heavy atom. The minimum atomic E-state index is -0.617. The largest absolute Gasteiger partial charge is 0.334 e. The molecule has 0 saturated heterocycles. The first-order valence-electron chi connectivity index (χ1n) is 29.0. The quantitative estimate of drug-likeness (QED) is 0.152. The summed E-state index contributed by atoms with van der Waals surface area (Å²) < 4.78 is 0. The van der Waals surface area contributed by atoms with E-state index in [0.717, 1.165) is 33.9 Å². The van der Waals surface area contributed by atoms with Crippen molar-refractivity contribution in [3.8, 4) is 56.2 Å². The highest BCUT2D eigenvalue weighted by atomic mass is 15.3. The monoisotopic (exact) mass is 1020 g/mol. The third-order valence-electron chi connectivity index (χ3n) is 20.5. The van der Waals surface area contributed by atoms with Crippen molar-refractivity contribution in [2.45, 2.75) is 106 Å². The van der Waals surface area contributed by atoms with Crippen molar-refractivity contribution >= 4 is 22.7 Å². The standard InChI is InChI=1S/C75H66N4/c1-71-43-17-19-45-73(71,3)78(57-27-13-7-14-28-57)69-41-37-53(49-63(69)71)67-33-21-31-65(76-67)51-35-39-59-60-40-36-52(48-62(60)75(61(59)47-51,55-23-9-5-10-24-55)56-25-11-6-12-26-56)66-32-22-34-68(77-66)54-38-42-70-64(50-54)72(2)44-18-20-46-74(72,4)79(70)58-29-15-8-16-30-58/h5-16,21-42,47-50H,17-20,43-46H2,1-4H3. The van der Waals surface area contributed by atoms with E-state index in [1.807, 2.05) is 0 Å². The predicted octanol–water partition coefficient (Wildman–Crippen LogP) is 19.0. The predicted molar refractivity (Wildman–Crippen MR) is 327 cm³/mol. The summed E-state index contributed by atoms with van der Waals surface area (Å²) in [6, 6.07) is 86.0. The molecule has 0 spiro atoms. The molecule has 3 aliphatic carbocycles. The average Bonchev–Trinajstić information content (AvgIpc) is 3.46. The summed E-state index contributed by atoms with van der Waals surface area (Å²) in [7, 11) is 0. The maximum Gasteiger partial charge on any atom is 0.0714 e. The average molecular weight is 1020 g/mol. The number of anilines is 4. The smallest absolute Gasteiger partial charge is 0.0714 e. The zero-order chi connectivity index (χ0) is 53.1. The normalized spacial score (nSPS) is 23.0. The van der Waals surface area contributed by atoms with Gasteiger partial charge in [-0.25, -0.2) is 9.97 Å². The van der Waals surface area contributed by atoms with Gasteiger partial charge in [0.2, 0.25) is 0 Å². The van der Waals surface area contributed by atoms with Crippen LogP contribution in [0.1, 0.15) is 112 Å². The summed E-state index contributed by atoms with van der Waals surface area (Å²) in [4.78, 5) is 16.4. The molecule has 4 unspecified atom stereocenters. The van der Waals surface area contributed by atoms with Gasteiger partial charge in [-0.15, -0.1) is 0 Å². The minimum Gasteiger partial charge on any atom is -0.334 e. The van der Waals surface area contributed by atoms with Gasteiger partial charge in [0.15, 0.2) is 0 Å². The number of nitrogens with zero attached hydrogens (tertiary/aromatic N) is 4. The Morgan fingerprint density at radius 1 is 0.316 bits per heavy atom. The van der Waals surface area contributed by atoms with E-state index in [0.29, 0.717) is 0 Å². The van der Waals surface area contributed by atoms with Gasteiger partial charge in [0.05, 0.1) is 39.3 Å². The molecule has 0 N–H and O–H groups in total. The van der Waals surface area contributed by atoms with Gasteiger partial charge >= 0.3 is 0 Å². The molecule has 2 saturated carbocycles. The summed E-state index contributed by atoms with van der Waals surface area (Å²) in [6.45, 7) is 10.0. The molecule has 2 aromatic heterocycles. The van der Waals surface area contributed by atoms with Crippen molar-refractivity contribution in [3.05, 3.63) is 264 Å². The second-order valence-corrected chi connectivity index (χ2v) is 24.3. The van der Waals surface area contributed by atoms with Crippen LogP contribution in [0.5, 0.6) is 0 Å². The van der Waals surface area contributed by atoms with Crippen molar-refractivity contribution in [3.63, 3.8) is 0 Å². The molecular weight excluding hydrogens is 957 g/mol. The lowest BCUT2D eigenvalue weighted by Crippen LogP contribution is -2.54. The second kappa shape index (κ2) is 17.8. The van der Waals surface area contributed by atoms with E-state index >= 15 is 0 Å². The van der Waals surface area contributed by atoms with E-state index in [1.165, 1.54) is 130 Å². The Morgan fingerprint density at radius 3 is 1.03 bits per heavy atom. The van der Waals surface area contributed by atoms with Crippen LogP contribution in [0, 0.1) is 0 Å². The minimum absolute atomic E-state index is 0.0125. The highest BCUT2D eigenvalue weighted by molar-refractivity contribution is 5.90. The van der Waals surface area contributed by atoms with Crippen LogP contribution in [0.3, 0.4) is 0 Å². The molecule has 0 radical (unpaired) electrons. The number of fused-ring (bicyclic) bond motifs is 9. The molecule has 5 aliphatic rings. The highest BCUT2D eigenvalue weighted by Gasteiger charge is 2.59. The molecule has 0 amide bonds. The molecule has 2 aliphatic heterocycles. The van der Waals surface area contributed by atoms with Crippen LogP contribution in [0.15, 0.2) is 231 Å². The first-order chi connectivity index (χ1) is 38.6. The van der Waals surface area contributed by atoms with Crippen molar-refractivity contribution in [1.29, 1.82) is 0 Å². The lowest BCUT2D eigenvalue weighted by Gasteiger charge is -2.50. The molecule has 8 aromatic carbocycles. The first-order valence-corrected chi connectivity index (χ1v) is 29.0. The summed E-state index contributed by atoms with van der Waals surface area (Å²) >= 11 is 0. The number of hydrogen-bond donors (Lipinski definition) is 0. The highest BCUT2D eigenvalue weighted by Crippen LogP contribution is 2.63. The molecule has 15 rings (SSSR count). The fourth-order valence-electron chi connectivity index (χ4n) is 16.1. The summed E-state index contributed by atoms with van der Waals surface area (Å²) in [5.74, 6) is 0. The van der Waals surface area contributed by atoms with Gasteiger partial charge in [0.1, 0.15) is 0 Å². The second-order valence-electron chi connectivity index (χ2n) is 24.3. The third-order valence-corrected chi connectivity index (χ3v) is 20.5. The van der Waals surface area contributed by atoms with Crippen LogP contribution in [0.25, 0.3) is 56.2 Å². The van der Waals surface area contributed by atoms with Crippen LogP contribution in [0.4, 0.5) is 22.7 Å². The fourth-order valence-corrected chi connectivity index (χ4v) is 16.1. The Bertz CT molecular complexity index is 3740. The first kappa shape index (κ1) is 47.8. The van der Waals surface area contributed by atoms with Crippen LogP contribution >= 0.6 is 0 Å². The molecule has 0 bridgehead atoms. The molecule has 4 atom stereocenters. The molecule has 386 valence electrons. The van der Waals surface area contributed by atoms with E-state index in [1.54, 1.807) is 0 Å². The lowest BCUT2D eigenvalue weighted by molar-refractivity contribution is 0.195. The molecule has 4 nitrogen and oxygen atoms in total. The Kier molecular flexibility index (Phi) is 10.8. The van der Waals surface area contributed by atoms with Gasteiger partial charge in [-0.05, 0) is 169 Å². The summed E-state index contributed by atoms with van der Waals surface area (Å²) in [5.41, 5.74) is 23.4. The van der Waals surface area contributed by atoms with Gasteiger partial charge in [-0.1, -0.05) is 185 Å². The van der Waals surface area contributed by atoms with Gasteiger partial charge in [-0.3, -0.25) is 0 Å². The van der Waals surface area contributed by atoms with Crippen molar-refractivity contribution in [2.24, 2.45) is 0 Å². The van der Waals surface area contributed by atoms with Gasteiger partial charge < -0.3 is 9.80 Å². The molecule has 4 heterocycles. The topological polar surface area (TPSA) is 32.3 Å².